The summed E-state index contributed by atoms with van der Waals surface area (Å²) in [7, 11) is 0. The molecule has 4 heteroatoms. The van der Waals surface area contributed by atoms with E-state index in [-0.39, 0.29) is 5.91 Å². The minimum absolute atomic E-state index is 0.105. The molecule has 20 heavy (non-hydrogen) atoms. The number of nitrogens with zero attached hydrogens (tertiary/aromatic N) is 1. The second kappa shape index (κ2) is 7.46. The third-order valence-corrected chi connectivity index (χ3v) is 2.97. The summed E-state index contributed by atoms with van der Waals surface area (Å²) in [6.45, 7) is 0. The number of carbonyl (C=O) groups is 1. The van der Waals surface area contributed by atoms with E-state index in [0.717, 1.165) is 11.1 Å². The molecule has 0 aliphatic carbocycles. The van der Waals surface area contributed by atoms with Crippen LogP contribution in [-0.4, -0.2) is 12.1 Å². The van der Waals surface area contributed by atoms with Gasteiger partial charge in [-0.15, -0.1) is 0 Å². The predicted molar refractivity (Wildman–Crippen MR) is 82.0 cm³/mol. The first-order chi connectivity index (χ1) is 9.74. The van der Waals surface area contributed by atoms with Gasteiger partial charge in [0.05, 0.1) is 6.21 Å². The molecule has 0 aliphatic heterocycles. The van der Waals surface area contributed by atoms with Crippen molar-refractivity contribution in [3.05, 3.63) is 70.7 Å². The highest BCUT2D eigenvalue weighted by atomic mass is 35.5. The average Bonchev–Trinajstić information content (AvgIpc) is 2.46. The molecule has 3 nitrogen and oxygen atoms in total. The third kappa shape index (κ3) is 4.86. The van der Waals surface area contributed by atoms with Crippen molar-refractivity contribution in [1.82, 2.24) is 5.43 Å². The van der Waals surface area contributed by atoms with Crippen LogP contribution in [0.15, 0.2) is 59.7 Å². The molecule has 0 radical (unpaired) electrons. The molecule has 0 heterocycles. The van der Waals surface area contributed by atoms with Crippen LogP contribution in [-0.2, 0) is 11.2 Å². The highest BCUT2D eigenvalue weighted by molar-refractivity contribution is 6.30. The highest BCUT2D eigenvalue weighted by Gasteiger charge is 2.00. The van der Waals surface area contributed by atoms with Crippen LogP contribution in [0.25, 0.3) is 0 Å². The van der Waals surface area contributed by atoms with Crippen molar-refractivity contribution in [3.63, 3.8) is 0 Å². The topological polar surface area (TPSA) is 41.5 Å². The number of halogens is 1. The first-order valence-electron chi connectivity index (χ1n) is 6.35. The second-order valence-electron chi connectivity index (χ2n) is 4.33. The van der Waals surface area contributed by atoms with Crippen LogP contribution in [0.3, 0.4) is 0 Å². The molecule has 0 aromatic heterocycles. The van der Waals surface area contributed by atoms with Crippen molar-refractivity contribution in [2.24, 2.45) is 5.10 Å². The molecule has 1 N–H and O–H groups in total. The van der Waals surface area contributed by atoms with Gasteiger partial charge in [0.1, 0.15) is 0 Å². The number of hydrazone groups is 1. The monoisotopic (exact) mass is 286 g/mol. The van der Waals surface area contributed by atoms with Gasteiger partial charge in [-0.05, 0) is 29.7 Å². The molecular weight excluding hydrogens is 272 g/mol. The Morgan fingerprint density at radius 3 is 2.70 bits per heavy atom. The lowest BCUT2D eigenvalue weighted by atomic mass is 10.1. The van der Waals surface area contributed by atoms with Gasteiger partial charge >= 0.3 is 0 Å². The number of aryl methyl sites for hydroxylation is 1. The first kappa shape index (κ1) is 14.3. The highest BCUT2D eigenvalue weighted by Crippen LogP contribution is 2.08. The lowest BCUT2D eigenvalue weighted by Gasteiger charge is -2.00. The third-order valence-electron chi connectivity index (χ3n) is 2.74. The van der Waals surface area contributed by atoms with E-state index < -0.39 is 0 Å². The number of nitrogens with one attached hydrogen (secondary N) is 1. The summed E-state index contributed by atoms with van der Waals surface area (Å²) in [6.07, 6.45) is 2.70. The van der Waals surface area contributed by atoms with Crippen LogP contribution >= 0.6 is 11.6 Å². The van der Waals surface area contributed by atoms with Gasteiger partial charge in [0.15, 0.2) is 0 Å². The Balaban J connectivity index is 1.78. The van der Waals surface area contributed by atoms with E-state index in [1.165, 1.54) is 0 Å². The summed E-state index contributed by atoms with van der Waals surface area (Å²) in [5.41, 5.74) is 4.50. The maximum Gasteiger partial charge on any atom is 0.240 e. The van der Waals surface area contributed by atoms with Gasteiger partial charge < -0.3 is 0 Å². The van der Waals surface area contributed by atoms with Crippen molar-refractivity contribution in [1.29, 1.82) is 0 Å². The molecule has 2 aromatic rings. The van der Waals surface area contributed by atoms with Gasteiger partial charge in [-0.25, -0.2) is 5.43 Å². The van der Waals surface area contributed by atoms with Crippen molar-refractivity contribution >= 4 is 23.7 Å². The molecule has 102 valence electrons. The minimum atomic E-state index is -0.105. The fourth-order valence-corrected chi connectivity index (χ4v) is 1.92. The standard InChI is InChI=1S/C16H15ClN2O/c17-15-8-4-7-14(11-15)12-18-19-16(20)10-9-13-5-2-1-3-6-13/h1-8,11-12H,9-10H2,(H,19,20)/b18-12-. The number of hydrogen-bond acceptors (Lipinski definition) is 2. The molecule has 0 aliphatic rings. The molecule has 0 bridgehead atoms. The first-order valence-corrected chi connectivity index (χ1v) is 6.73. The van der Waals surface area contributed by atoms with E-state index in [1.54, 1.807) is 18.3 Å². The molecule has 0 spiro atoms. The SMILES string of the molecule is O=C(CCc1ccccc1)N/N=C\c1cccc(Cl)c1. The van der Waals surface area contributed by atoms with Gasteiger partial charge in [0.2, 0.25) is 5.91 Å². The Hall–Kier alpha value is -2.13. The quantitative estimate of drug-likeness (QED) is 0.664. The van der Waals surface area contributed by atoms with Crippen molar-refractivity contribution < 1.29 is 4.79 Å². The van der Waals surface area contributed by atoms with Crippen molar-refractivity contribution in [2.45, 2.75) is 12.8 Å². The number of carbonyl (C=O) groups excluding carboxylic acids is 1. The number of rotatable bonds is 5. The maximum atomic E-state index is 11.6. The summed E-state index contributed by atoms with van der Waals surface area (Å²) < 4.78 is 0. The van der Waals surface area contributed by atoms with Crippen molar-refractivity contribution in [2.75, 3.05) is 0 Å². The Bertz CT molecular complexity index is 596. The zero-order valence-electron chi connectivity index (χ0n) is 10.9. The molecule has 2 rings (SSSR count). The zero-order chi connectivity index (χ0) is 14.2. The van der Waals surface area contributed by atoms with E-state index in [9.17, 15) is 4.79 Å². The Labute approximate surface area is 123 Å². The number of hydrogen-bond donors (Lipinski definition) is 1. The molecule has 2 aromatic carbocycles. The smallest absolute Gasteiger partial charge is 0.240 e. The Morgan fingerprint density at radius 2 is 1.95 bits per heavy atom. The molecular formula is C16H15ClN2O. The van der Waals surface area contributed by atoms with Crippen LogP contribution < -0.4 is 5.43 Å². The molecule has 0 saturated carbocycles. The van der Waals surface area contributed by atoms with Gasteiger partial charge in [-0.2, -0.15) is 5.10 Å². The van der Waals surface area contributed by atoms with Crippen LogP contribution in [0.2, 0.25) is 5.02 Å². The molecule has 1 amide bonds. The van der Waals surface area contributed by atoms with E-state index in [4.69, 9.17) is 11.6 Å². The molecule has 0 atom stereocenters. The molecule has 0 saturated heterocycles. The van der Waals surface area contributed by atoms with Crippen LogP contribution in [0.1, 0.15) is 17.5 Å². The number of benzene rings is 2. The van der Waals surface area contributed by atoms with E-state index in [1.807, 2.05) is 42.5 Å². The maximum absolute atomic E-state index is 11.6. The summed E-state index contributed by atoms with van der Waals surface area (Å²) in [4.78, 5) is 11.6. The largest absolute Gasteiger partial charge is 0.273 e. The summed E-state index contributed by atoms with van der Waals surface area (Å²) in [5.74, 6) is -0.105. The molecule has 0 fully saturated rings. The van der Waals surface area contributed by atoms with Crippen molar-refractivity contribution in [3.8, 4) is 0 Å². The Morgan fingerprint density at radius 1 is 1.15 bits per heavy atom. The van der Waals surface area contributed by atoms with Gasteiger partial charge in [-0.1, -0.05) is 54.1 Å². The van der Waals surface area contributed by atoms with Crippen LogP contribution in [0, 0.1) is 0 Å². The lowest BCUT2D eigenvalue weighted by molar-refractivity contribution is -0.121. The fraction of sp³-hybridized carbons (Fsp3) is 0.125. The average molecular weight is 287 g/mol. The Kier molecular flexibility index (Phi) is 5.33. The minimum Gasteiger partial charge on any atom is -0.273 e. The van der Waals surface area contributed by atoms with E-state index in [0.29, 0.717) is 17.9 Å². The summed E-state index contributed by atoms with van der Waals surface area (Å²) in [6, 6.07) is 17.2. The normalized spacial score (nSPS) is 10.7. The second-order valence-corrected chi connectivity index (χ2v) is 4.77. The lowest BCUT2D eigenvalue weighted by Crippen LogP contribution is -2.17. The summed E-state index contributed by atoms with van der Waals surface area (Å²) >= 11 is 5.85. The summed E-state index contributed by atoms with van der Waals surface area (Å²) in [5, 5.41) is 4.55. The molecule has 0 unspecified atom stereocenters. The predicted octanol–water partition coefficient (Wildman–Crippen LogP) is 3.42. The fourth-order valence-electron chi connectivity index (χ4n) is 1.72. The van der Waals surface area contributed by atoms with Gasteiger partial charge in [0, 0.05) is 11.4 Å². The van der Waals surface area contributed by atoms with E-state index in [2.05, 4.69) is 10.5 Å². The number of amides is 1. The van der Waals surface area contributed by atoms with Gasteiger partial charge in [-0.3, -0.25) is 4.79 Å². The van der Waals surface area contributed by atoms with Crippen LogP contribution in [0.4, 0.5) is 0 Å². The zero-order valence-corrected chi connectivity index (χ0v) is 11.7. The van der Waals surface area contributed by atoms with Gasteiger partial charge in [0.25, 0.3) is 0 Å². The van der Waals surface area contributed by atoms with Crippen LogP contribution in [0.5, 0.6) is 0 Å². The van der Waals surface area contributed by atoms with E-state index >= 15 is 0 Å².